The van der Waals surface area contributed by atoms with Crippen LogP contribution < -0.4 is 0 Å². The van der Waals surface area contributed by atoms with Gasteiger partial charge in [0.1, 0.15) is 0 Å². The Bertz CT molecular complexity index is 356. The van der Waals surface area contributed by atoms with Gasteiger partial charge in [0, 0.05) is 29.7 Å². The van der Waals surface area contributed by atoms with Crippen LogP contribution in [0.1, 0.15) is 12.0 Å². The molecule has 2 nitrogen and oxygen atoms in total. The van der Waals surface area contributed by atoms with Crippen LogP contribution in [0.25, 0.3) is 0 Å². The molecule has 0 aliphatic carbocycles. The van der Waals surface area contributed by atoms with Crippen LogP contribution >= 0.6 is 23.2 Å². The van der Waals surface area contributed by atoms with Crippen molar-refractivity contribution in [1.82, 2.24) is 4.90 Å². The number of rotatable bonds is 2. The molecule has 82 valence electrons. The van der Waals surface area contributed by atoms with Gasteiger partial charge in [0.2, 0.25) is 0 Å². The number of aliphatic hydroxyl groups is 1. The van der Waals surface area contributed by atoms with Gasteiger partial charge in [-0.25, -0.2) is 0 Å². The third-order valence-corrected chi connectivity index (χ3v) is 3.24. The fraction of sp³-hybridized carbons (Fsp3) is 0.455. The van der Waals surface area contributed by atoms with E-state index in [-0.39, 0.29) is 6.10 Å². The van der Waals surface area contributed by atoms with Crippen molar-refractivity contribution in [2.75, 3.05) is 13.1 Å². The van der Waals surface area contributed by atoms with Crippen LogP contribution in [0.5, 0.6) is 0 Å². The van der Waals surface area contributed by atoms with Crippen LogP contribution in [-0.2, 0) is 6.54 Å². The Morgan fingerprint density at radius 2 is 2.20 bits per heavy atom. The molecule has 1 aromatic carbocycles. The Morgan fingerprint density at radius 1 is 1.40 bits per heavy atom. The summed E-state index contributed by atoms with van der Waals surface area (Å²) in [6.45, 7) is 2.45. The Morgan fingerprint density at radius 3 is 2.80 bits per heavy atom. The van der Waals surface area contributed by atoms with Gasteiger partial charge in [-0.3, -0.25) is 4.90 Å². The van der Waals surface area contributed by atoms with Crippen molar-refractivity contribution in [3.63, 3.8) is 0 Å². The summed E-state index contributed by atoms with van der Waals surface area (Å²) < 4.78 is 0. The van der Waals surface area contributed by atoms with Gasteiger partial charge in [0.25, 0.3) is 0 Å². The van der Waals surface area contributed by atoms with Gasteiger partial charge in [-0.1, -0.05) is 29.3 Å². The number of likely N-dealkylation sites (tertiary alicyclic amines) is 1. The molecule has 0 radical (unpaired) electrons. The topological polar surface area (TPSA) is 23.5 Å². The highest BCUT2D eigenvalue weighted by Crippen LogP contribution is 2.23. The Hall–Kier alpha value is -0.280. The van der Waals surface area contributed by atoms with E-state index in [1.54, 1.807) is 6.07 Å². The van der Waals surface area contributed by atoms with Crippen LogP contribution in [0.15, 0.2) is 18.2 Å². The summed E-state index contributed by atoms with van der Waals surface area (Å²) in [6, 6.07) is 5.54. The van der Waals surface area contributed by atoms with Gasteiger partial charge in [-0.15, -0.1) is 0 Å². The van der Waals surface area contributed by atoms with Crippen LogP contribution in [0, 0.1) is 0 Å². The number of nitrogens with zero attached hydrogens (tertiary/aromatic N) is 1. The molecule has 0 bridgehead atoms. The smallest absolute Gasteiger partial charge is 0.0679 e. The maximum atomic E-state index is 9.40. The molecule has 0 unspecified atom stereocenters. The largest absolute Gasteiger partial charge is 0.392 e. The van der Waals surface area contributed by atoms with Crippen molar-refractivity contribution >= 4 is 23.2 Å². The highest BCUT2D eigenvalue weighted by molar-refractivity contribution is 6.35. The maximum absolute atomic E-state index is 9.40. The van der Waals surface area contributed by atoms with Crippen LogP contribution in [0.4, 0.5) is 0 Å². The molecule has 0 spiro atoms. The van der Waals surface area contributed by atoms with E-state index in [0.717, 1.165) is 31.6 Å². The molecule has 1 aliphatic heterocycles. The first-order chi connectivity index (χ1) is 7.15. The molecule has 1 fully saturated rings. The van der Waals surface area contributed by atoms with E-state index in [2.05, 4.69) is 4.90 Å². The molecule has 1 saturated heterocycles. The number of benzene rings is 1. The third kappa shape index (κ3) is 2.85. The average molecular weight is 246 g/mol. The van der Waals surface area contributed by atoms with Gasteiger partial charge < -0.3 is 5.11 Å². The zero-order valence-electron chi connectivity index (χ0n) is 8.29. The number of hydrogen-bond acceptors (Lipinski definition) is 2. The molecule has 2 rings (SSSR count). The normalized spacial score (nSPS) is 22.2. The van der Waals surface area contributed by atoms with Gasteiger partial charge in [0.15, 0.2) is 0 Å². The minimum Gasteiger partial charge on any atom is -0.392 e. The van der Waals surface area contributed by atoms with E-state index >= 15 is 0 Å². The lowest BCUT2D eigenvalue weighted by Gasteiger charge is -2.15. The second-order valence-electron chi connectivity index (χ2n) is 3.91. The Labute approximate surface area is 99.4 Å². The minimum atomic E-state index is -0.184. The van der Waals surface area contributed by atoms with Crippen LogP contribution in [-0.4, -0.2) is 29.2 Å². The van der Waals surface area contributed by atoms with E-state index in [1.165, 1.54) is 0 Å². The zero-order chi connectivity index (χ0) is 10.8. The first-order valence-electron chi connectivity index (χ1n) is 4.99. The first-order valence-corrected chi connectivity index (χ1v) is 5.75. The van der Waals surface area contributed by atoms with Gasteiger partial charge >= 0.3 is 0 Å². The molecule has 4 heteroatoms. The summed E-state index contributed by atoms with van der Waals surface area (Å²) in [5.74, 6) is 0. The molecule has 0 saturated carbocycles. The fourth-order valence-electron chi connectivity index (χ4n) is 1.85. The second kappa shape index (κ2) is 4.71. The molecule has 1 atom stereocenters. The molecular formula is C11H13Cl2NO. The first kappa shape index (κ1) is 11.2. The summed E-state index contributed by atoms with van der Waals surface area (Å²) >= 11 is 11.9. The molecular weight excluding hydrogens is 233 g/mol. The van der Waals surface area contributed by atoms with Crippen LogP contribution in [0.3, 0.4) is 0 Å². The SMILES string of the molecule is O[C@@H]1CCN(Cc2ccc(Cl)cc2Cl)C1. The van der Waals surface area contributed by atoms with Gasteiger partial charge in [-0.2, -0.15) is 0 Å². The predicted molar refractivity (Wildman–Crippen MR) is 62.4 cm³/mol. The predicted octanol–water partition coefficient (Wildman–Crippen LogP) is 2.56. The van der Waals surface area contributed by atoms with Gasteiger partial charge in [0.05, 0.1) is 6.10 Å². The van der Waals surface area contributed by atoms with E-state index in [1.807, 2.05) is 12.1 Å². The molecule has 15 heavy (non-hydrogen) atoms. The molecule has 1 N–H and O–H groups in total. The second-order valence-corrected chi connectivity index (χ2v) is 4.76. The Kier molecular flexibility index (Phi) is 3.52. The number of aliphatic hydroxyl groups excluding tert-OH is 1. The lowest BCUT2D eigenvalue weighted by atomic mass is 10.2. The summed E-state index contributed by atoms with van der Waals surface area (Å²) in [5.41, 5.74) is 1.06. The number of halogens is 2. The lowest BCUT2D eigenvalue weighted by Crippen LogP contribution is -2.21. The fourth-order valence-corrected chi connectivity index (χ4v) is 2.31. The van der Waals surface area contributed by atoms with Crippen molar-refractivity contribution in [1.29, 1.82) is 0 Å². The molecule has 1 heterocycles. The average Bonchev–Trinajstić information content (AvgIpc) is 2.56. The minimum absolute atomic E-state index is 0.184. The summed E-state index contributed by atoms with van der Waals surface area (Å²) in [4.78, 5) is 2.19. The highest BCUT2D eigenvalue weighted by atomic mass is 35.5. The summed E-state index contributed by atoms with van der Waals surface area (Å²) in [6.07, 6.45) is 0.668. The van der Waals surface area contributed by atoms with E-state index in [4.69, 9.17) is 23.2 Å². The highest BCUT2D eigenvalue weighted by Gasteiger charge is 2.20. The monoisotopic (exact) mass is 245 g/mol. The van der Waals surface area contributed by atoms with E-state index in [0.29, 0.717) is 10.0 Å². The number of hydrogen-bond donors (Lipinski definition) is 1. The van der Waals surface area contributed by atoms with Crippen molar-refractivity contribution in [3.8, 4) is 0 Å². The quantitative estimate of drug-likeness (QED) is 0.866. The van der Waals surface area contributed by atoms with Crippen molar-refractivity contribution < 1.29 is 5.11 Å². The third-order valence-electron chi connectivity index (χ3n) is 2.66. The molecule has 0 amide bonds. The molecule has 1 aromatic rings. The zero-order valence-corrected chi connectivity index (χ0v) is 9.80. The molecule has 0 aromatic heterocycles. The van der Waals surface area contributed by atoms with Crippen molar-refractivity contribution in [2.45, 2.75) is 19.1 Å². The summed E-state index contributed by atoms with van der Waals surface area (Å²) in [7, 11) is 0. The Balaban J connectivity index is 2.04. The van der Waals surface area contributed by atoms with Crippen molar-refractivity contribution in [3.05, 3.63) is 33.8 Å². The standard InChI is InChI=1S/C11H13Cl2NO/c12-9-2-1-8(11(13)5-9)6-14-4-3-10(15)7-14/h1-2,5,10,15H,3-4,6-7H2/t10-/m1/s1. The van der Waals surface area contributed by atoms with E-state index in [9.17, 15) is 5.11 Å². The number of β-amino-alcohol motifs (C(OH)–C–C–N with tert-alkyl or cyclic N) is 1. The van der Waals surface area contributed by atoms with Gasteiger partial charge in [-0.05, 0) is 24.1 Å². The maximum Gasteiger partial charge on any atom is 0.0679 e. The molecule has 1 aliphatic rings. The van der Waals surface area contributed by atoms with Crippen molar-refractivity contribution in [2.24, 2.45) is 0 Å². The van der Waals surface area contributed by atoms with Crippen LogP contribution in [0.2, 0.25) is 10.0 Å². The lowest BCUT2D eigenvalue weighted by molar-refractivity contribution is 0.175. The summed E-state index contributed by atoms with van der Waals surface area (Å²) in [5, 5.41) is 10.8. The van der Waals surface area contributed by atoms with E-state index < -0.39 is 0 Å².